The van der Waals surface area contributed by atoms with E-state index >= 15 is 0 Å². The first-order valence-corrected chi connectivity index (χ1v) is 5.14. The Kier molecular flexibility index (Phi) is 3.35. The van der Waals surface area contributed by atoms with E-state index in [0.29, 0.717) is 0 Å². The van der Waals surface area contributed by atoms with E-state index < -0.39 is 11.5 Å². The maximum Gasteiger partial charge on any atom is 0.126 e. The number of hydrogen-bond acceptors (Lipinski definition) is 3. The second-order valence-corrected chi connectivity index (χ2v) is 4.67. The zero-order valence-electron chi connectivity index (χ0n) is 9.74. The van der Waals surface area contributed by atoms with Crippen LogP contribution in [0.4, 0.5) is 0 Å². The van der Waals surface area contributed by atoms with Crippen molar-refractivity contribution in [2.24, 2.45) is 11.3 Å². The quantitative estimate of drug-likeness (QED) is 0.688. The number of hydrogen-bond donors (Lipinski definition) is 2. The lowest BCUT2D eigenvalue weighted by molar-refractivity contribution is -0.118. The first-order chi connectivity index (χ1) is 6.92. The highest BCUT2D eigenvalue weighted by molar-refractivity contribution is 5.60. The van der Waals surface area contributed by atoms with Gasteiger partial charge in [0.05, 0.1) is 0 Å². The van der Waals surface area contributed by atoms with Crippen LogP contribution in [0.15, 0.2) is 23.4 Å². The van der Waals surface area contributed by atoms with Gasteiger partial charge in [0, 0.05) is 24.1 Å². The predicted octanol–water partition coefficient (Wildman–Crippen LogP) is 1.25. The molecular weight excluding hydrogens is 190 g/mol. The maximum atomic E-state index is 11.0. The fourth-order valence-corrected chi connectivity index (χ4v) is 1.87. The molecule has 0 amide bonds. The van der Waals surface area contributed by atoms with Gasteiger partial charge >= 0.3 is 0 Å². The van der Waals surface area contributed by atoms with Gasteiger partial charge in [0.2, 0.25) is 0 Å². The van der Waals surface area contributed by atoms with Gasteiger partial charge in [0.1, 0.15) is 12.4 Å². The highest BCUT2D eigenvalue weighted by Crippen LogP contribution is 2.34. The summed E-state index contributed by atoms with van der Waals surface area (Å²) >= 11 is 0. The molecule has 0 bridgehead atoms. The van der Waals surface area contributed by atoms with Gasteiger partial charge in [-0.1, -0.05) is 25.5 Å². The zero-order valence-corrected chi connectivity index (χ0v) is 9.74. The third-order valence-corrected chi connectivity index (χ3v) is 2.94. The van der Waals surface area contributed by atoms with Crippen LogP contribution >= 0.6 is 0 Å². The SMILES string of the molecule is CNC1=CC(C)=CC(C(C)(C)C=O)C1O. The van der Waals surface area contributed by atoms with Gasteiger partial charge in [-0.2, -0.15) is 0 Å². The van der Waals surface area contributed by atoms with E-state index in [4.69, 9.17) is 0 Å². The van der Waals surface area contributed by atoms with Crippen molar-refractivity contribution < 1.29 is 9.90 Å². The molecule has 1 aliphatic rings. The van der Waals surface area contributed by atoms with Crippen LogP contribution in [0, 0.1) is 11.3 Å². The third kappa shape index (κ3) is 2.29. The number of nitrogens with one attached hydrogen (secondary N) is 1. The number of rotatable bonds is 3. The molecule has 3 nitrogen and oxygen atoms in total. The Morgan fingerprint density at radius 3 is 2.60 bits per heavy atom. The monoisotopic (exact) mass is 209 g/mol. The van der Waals surface area contributed by atoms with Crippen LogP contribution < -0.4 is 5.32 Å². The maximum absolute atomic E-state index is 11.0. The number of aliphatic hydroxyl groups is 1. The molecule has 0 aromatic heterocycles. The smallest absolute Gasteiger partial charge is 0.126 e. The molecule has 2 N–H and O–H groups in total. The Labute approximate surface area is 90.9 Å². The van der Waals surface area contributed by atoms with Crippen molar-refractivity contribution >= 4 is 6.29 Å². The molecule has 0 radical (unpaired) electrons. The molecule has 2 unspecified atom stereocenters. The van der Waals surface area contributed by atoms with E-state index in [-0.39, 0.29) is 5.92 Å². The van der Waals surface area contributed by atoms with Crippen LogP contribution in [0.3, 0.4) is 0 Å². The Hall–Kier alpha value is -1.09. The highest BCUT2D eigenvalue weighted by atomic mass is 16.3. The summed E-state index contributed by atoms with van der Waals surface area (Å²) in [6.07, 6.45) is 4.14. The number of aliphatic hydroxyl groups excluding tert-OH is 1. The highest BCUT2D eigenvalue weighted by Gasteiger charge is 2.36. The van der Waals surface area contributed by atoms with Crippen molar-refractivity contribution in [3.8, 4) is 0 Å². The van der Waals surface area contributed by atoms with Crippen molar-refractivity contribution in [2.45, 2.75) is 26.9 Å². The molecule has 1 rings (SSSR count). The van der Waals surface area contributed by atoms with E-state index in [0.717, 1.165) is 17.6 Å². The molecule has 0 saturated heterocycles. The summed E-state index contributed by atoms with van der Waals surface area (Å²) in [5.41, 5.74) is 1.30. The Morgan fingerprint density at radius 2 is 2.13 bits per heavy atom. The first-order valence-electron chi connectivity index (χ1n) is 5.14. The molecular formula is C12H19NO2. The Morgan fingerprint density at radius 1 is 1.53 bits per heavy atom. The van der Waals surface area contributed by atoms with Gasteiger partial charge in [0.15, 0.2) is 0 Å². The van der Waals surface area contributed by atoms with Crippen molar-refractivity contribution in [3.63, 3.8) is 0 Å². The molecule has 84 valence electrons. The standard InChI is InChI=1S/C12H19NO2/c1-8-5-9(12(2,3)7-14)11(15)10(6-8)13-4/h5-7,9,11,13,15H,1-4H3. The van der Waals surface area contributed by atoms with Crippen LogP contribution in [0.5, 0.6) is 0 Å². The third-order valence-electron chi connectivity index (χ3n) is 2.94. The Balaban J connectivity index is 3.04. The van der Waals surface area contributed by atoms with Gasteiger partial charge in [0.25, 0.3) is 0 Å². The van der Waals surface area contributed by atoms with Crippen LogP contribution in [-0.2, 0) is 4.79 Å². The number of allylic oxidation sites excluding steroid dienone is 2. The topological polar surface area (TPSA) is 49.3 Å². The largest absolute Gasteiger partial charge is 0.389 e. The molecule has 0 aliphatic heterocycles. The summed E-state index contributed by atoms with van der Waals surface area (Å²) < 4.78 is 0. The number of carbonyl (C=O) groups excluding carboxylic acids is 1. The lowest BCUT2D eigenvalue weighted by Crippen LogP contribution is -2.39. The summed E-state index contributed by atoms with van der Waals surface area (Å²) in [5.74, 6) is -0.164. The molecule has 2 atom stereocenters. The molecule has 0 saturated carbocycles. The molecule has 15 heavy (non-hydrogen) atoms. The van der Waals surface area contributed by atoms with Gasteiger partial charge < -0.3 is 15.2 Å². The minimum Gasteiger partial charge on any atom is -0.389 e. The summed E-state index contributed by atoms with van der Waals surface area (Å²) in [6.45, 7) is 5.66. The van der Waals surface area contributed by atoms with E-state index in [1.807, 2.05) is 32.9 Å². The normalized spacial score (nSPS) is 26.7. The fraction of sp³-hybridized carbons (Fsp3) is 0.583. The number of aldehydes is 1. The number of carbonyl (C=O) groups is 1. The van der Waals surface area contributed by atoms with Gasteiger partial charge in [-0.15, -0.1) is 0 Å². The van der Waals surface area contributed by atoms with Crippen LogP contribution in [-0.4, -0.2) is 24.5 Å². The van der Waals surface area contributed by atoms with E-state index in [1.165, 1.54) is 0 Å². The van der Waals surface area contributed by atoms with Crippen molar-refractivity contribution in [1.82, 2.24) is 5.32 Å². The summed E-state index contributed by atoms with van der Waals surface area (Å²) in [6, 6.07) is 0. The number of likely N-dealkylation sites (N-methyl/N-ethyl adjacent to an activating group) is 1. The second kappa shape index (κ2) is 4.19. The van der Waals surface area contributed by atoms with Crippen LogP contribution in [0.25, 0.3) is 0 Å². The van der Waals surface area contributed by atoms with Crippen molar-refractivity contribution in [2.75, 3.05) is 7.05 Å². The van der Waals surface area contributed by atoms with E-state index in [9.17, 15) is 9.90 Å². The van der Waals surface area contributed by atoms with Crippen molar-refractivity contribution in [1.29, 1.82) is 0 Å². The first kappa shape index (κ1) is 12.0. The second-order valence-electron chi connectivity index (χ2n) is 4.67. The Bertz CT molecular complexity index is 316. The average Bonchev–Trinajstić information content (AvgIpc) is 2.20. The molecule has 1 aliphatic carbocycles. The molecule has 0 heterocycles. The van der Waals surface area contributed by atoms with Gasteiger partial charge in [-0.3, -0.25) is 0 Å². The van der Waals surface area contributed by atoms with Crippen LogP contribution in [0.2, 0.25) is 0 Å². The summed E-state index contributed by atoms with van der Waals surface area (Å²) in [4.78, 5) is 11.0. The lowest BCUT2D eigenvalue weighted by atomic mass is 9.73. The van der Waals surface area contributed by atoms with E-state index in [2.05, 4.69) is 5.32 Å². The zero-order chi connectivity index (χ0) is 11.6. The van der Waals surface area contributed by atoms with Crippen LogP contribution in [0.1, 0.15) is 20.8 Å². The molecule has 0 fully saturated rings. The molecule has 0 aromatic carbocycles. The molecule has 0 spiro atoms. The van der Waals surface area contributed by atoms with E-state index in [1.54, 1.807) is 7.05 Å². The lowest BCUT2D eigenvalue weighted by Gasteiger charge is -2.35. The van der Waals surface area contributed by atoms with Gasteiger partial charge in [-0.05, 0) is 13.0 Å². The molecule has 3 heteroatoms. The van der Waals surface area contributed by atoms with Gasteiger partial charge in [-0.25, -0.2) is 0 Å². The summed E-state index contributed by atoms with van der Waals surface area (Å²) in [7, 11) is 1.78. The fourth-order valence-electron chi connectivity index (χ4n) is 1.87. The van der Waals surface area contributed by atoms with Crippen molar-refractivity contribution in [3.05, 3.63) is 23.4 Å². The summed E-state index contributed by atoms with van der Waals surface area (Å²) in [5, 5.41) is 13.0. The molecule has 0 aromatic rings. The average molecular weight is 209 g/mol. The minimum atomic E-state index is -0.626. The predicted molar refractivity (Wildman–Crippen MR) is 60.2 cm³/mol. The minimum absolute atomic E-state index is 0.164.